The average Bonchev–Trinajstić information content (AvgIpc) is 3.04. The number of carbonyl (C=O) groups is 2. The van der Waals surface area contributed by atoms with Crippen LogP contribution in [0.25, 0.3) is 10.2 Å². The number of amides is 2. The average molecular weight is 449 g/mol. The Kier molecular flexibility index (Phi) is 6.63. The van der Waals surface area contributed by atoms with Gasteiger partial charge in [0.05, 0.1) is 21.8 Å². The van der Waals surface area contributed by atoms with E-state index in [4.69, 9.17) is 28.6 Å². The standard InChI is InChI=1S/C19H17ClN4O3S2/c1-3-27-15-7-4-11(8-13(15)20)17(26)23-18(28)24-19-22-14-6-5-12(21-10(2)25)9-16(14)29-19/h4-9H,3H2,1-2H3,(H,21,25)(H2,22,23,24,26,28). The summed E-state index contributed by atoms with van der Waals surface area (Å²) in [6.45, 7) is 3.78. The lowest BCUT2D eigenvalue weighted by Gasteiger charge is -2.09. The largest absolute Gasteiger partial charge is 0.492 e. The second-order valence-corrected chi connectivity index (χ2v) is 7.72. The molecule has 0 spiro atoms. The Balaban J connectivity index is 1.66. The molecule has 0 aliphatic carbocycles. The van der Waals surface area contributed by atoms with Gasteiger partial charge in [-0.1, -0.05) is 22.9 Å². The van der Waals surface area contributed by atoms with Crippen molar-refractivity contribution in [3.05, 3.63) is 47.0 Å². The van der Waals surface area contributed by atoms with Crippen LogP contribution < -0.4 is 20.7 Å². The fourth-order valence-corrected chi connectivity index (χ4v) is 3.88. The van der Waals surface area contributed by atoms with Crippen LogP contribution in [0.4, 0.5) is 10.8 Å². The molecule has 1 aromatic heterocycles. The molecular weight excluding hydrogens is 432 g/mol. The fraction of sp³-hybridized carbons (Fsp3) is 0.158. The zero-order valence-electron chi connectivity index (χ0n) is 15.5. The second-order valence-electron chi connectivity index (χ2n) is 5.87. The summed E-state index contributed by atoms with van der Waals surface area (Å²) in [6.07, 6.45) is 0. The van der Waals surface area contributed by atoms with Crippen molar-refractivity contribution in [2.75, 3.05) is 17.2 Å². The van der Waals surface area contributed by atoms with E-state index < -0.39 is 5.91 Å². The summed E-state index contributed by atoms with van der Waals surface area (Å²) in [7, 11) is 0. The van der Waals surface area contributed by atoms with Gasteiger partial charge in [-0.2, -0.15) is 0 Å². The maximum Gasteiger partial charge on any atom is 0.257 e. The summed E-state index contributed by atoms with van der Waals surface area (Å²) < 4.78 is 6.22. The lowest BCUT2D eigenvalue weighted by molar-refractivity contribution is -0.114. The second kappa shape index (κ2) is 9.17. The van der Waals surface area contributed by atoms with Crippen LogP contribution in [0.2, 0.25) is 5.02 Å². The number of nitrogens with one attached hydrogen (secondary N) is 3. The fourth-order valence-electron chi connectivity index (χ4n) is 2.48. The first-order valence-corrected chi connectivity index (χ1v) is 10.2. The SMILES string of the molecule is CCOc1ccc(C(=O)NC(=S)Nc2nc3ccc(NC(C)=O)cc3s2)cc1Cl. The number of hydrogen-bond donors (Lipinski definition) is 3. The zero-order chi connectivity index (χ0) is 21.0. The van der Waals surface area contributed by atoms with Crippen LogP contribution in [0, 0.1) is 0 Å². The van der Waals surface area contributed by atoms with Crippen LogP contribution >= 0.6 is 35.2 Å². The third-order valence-corrected chi connectivity index (χ3v) is 5.08. The molecule has 0 saturated carbocycles. The predicted octanol–water partition coefficient (Wildman–Crippen LogP) is 4.43. The highest BCUT2D eigenvalue weighted by molar-refractivity contribution is 7.80. The molecule has 2 aromatic carbocycles. The van der Waals surface area contributed by atoms with E-state index in [0.29, 0.717) is 33.8 Å². The van der Waals surface area contributed by atoms with Gasteiger partial charge < -0.3 is 15.4 Å². The van der Waals surface area contributed by atoms with Gasteiger partial charge in [0, 0.05) is 18.2 Å². The van der Waals surface area contributed by atoms with E-state index in [9.17, 15) is 9.59 Å². The Labute approximate surface area is 181 Å². The van der Waals surface area contributed by atoms with E-state index >= 15 is 0 Å². The first-order valence-electron chi connectivity index (χ1n) is 8.58. The van der Waals surface area contributed by atoms with Crippen molar-refractivity contribution in [1.82, 2.24) is 10.3 Å². The molecule has 0 unspecified atom stereocenters. The van der Waals surface area contributed by atoms with Gasteiger partial charge >= 0.3 is 0 Å². The summed E-state index contributed by atoms with van der Waals surface area (Å²) in [5.41, 5.74) is 1.79. The normalized spacial score (nSPS) is 10.4. The Hall–Kier alpha value is -2.75. The van der Waals surface area contributed by atoms with Crippen molar-refractivity contribution < 1.29 is 14.3 Å². The van der Waals surface area contributed by atoms with Crippen LogP contribution in [-0.4, -0.2) is 28.5 Å². The quantitative estimate of drug-likeness (QED) is 0.500. The van der Waals surface area contributed by atoms with Crippen molar-refractivity contribution in [3.63, 3.8) is 0 Å². The number of benzene rings is 2. The lowest BCUT2D eigenvalue weighted by atomic mass is 10.2. The number of halogens is 1. The van der Waals surface area contributed by atoms with Crippen LogP contribution in [0.3, 0.4) is 0 Å². The van der Waals surface area contributed by atoms with E-state index in [1.165, 1.54) is 24.3 Å². The van der Waals surface area contributed by atoms with Crippen LogP contribution in [0.15, 0.2) is 36.4 Å². The number of fused-ring (bicyclic) bond motifs is 1. The predicted molar refractivity (Wildman–Crippen MR) is 120 cm³/mol. The summed E-state index contributed by atoms with van der Waals surface area (Å²) in [5, 5.41) is 9.20. The van der Waals surface area contributed by atoms with Crippen LogP contribution in [-0.2, 0) is 4.79 Å². The summed E-state index contributed by atoms with van der Waals surface area (Å²) >= 11 is 12.7. The van der Waals surface area contributed by atoms with Crippen LogP contribution in [0.5, 0.6) is 5.75 Å². The number of anilines is 2. The number of nitrogens with zero attached hydrogens (tertiary/aromatic N) is 1. The Bertz CT molecular complexity index is 1100. The molecule has 29 heavy (non-hydrogen) atoms. The molecule has 3 rings (SSSR count). The van der Waals surface area contributed by atoms with Gasteiger partial charge in [0.15, 0.2) is 10.2 Å². The van der Waals surface area contributed by atoms with Crippen molar-refractivity contribution >= 4 is 73.1 Å². The van der Waals surface area contributed by atoms with E-state index in [-0.39, 0.29) is 11.0 Å². The van der Waals surface area contributed by atoms with Crippen molar-refractivity contribution in [2.45, 2.75) is 13.8 Å². The minimum absolute atomic E-state index is 0.112. The Morgan fingerprint density at radius 3 is 2.69 bits per heavy atom. The lowest BCUT2D eigenvalue weighted by Crippen LogP contribution is -2.34. The molecule has 2 amide bonds. The zero-order valence-corrected chi connectivity index (χ0v) is 17.9. The molecule has 0 radical (unpaired) electrons. The van der Waals surface area contributed by atoms with Gasteiger partial charge in [0.25, 0.3) is 5.91 Å². The highest BCUT2D eigenvalue weighted by atomic mass is 35.5. The minimum Gasteiger partial charge on any atom is -0.492 e. The highest BCUT2D eigenvalue weighted by Crippen LogP contribution is 2.28. The van der Waals surface area contributed by atoms with Crippen LogP contribution in [0.1, 0.15) is 24.2 Å². The molecule has 1 heterocycles. The van der Waals surface area contributed by atoms with E-state index in [2.05, 4.69) is 20.9 Å². The van der Waals surface area contributed by atoms with Crippen molar-refractivity contribution in [1.29, 1.82) is 0 Å². The number of hydrogen-bond acceptors (Lipinski definition) is 6. The maximum atomic E-state index is 12.4. The molecular formula is C19H17ClN4O3S2. The smallest absolute Gasteiger partial charge is 0.257 e. The van der Waals surface area contributed by atoms with Gasteiger partial charge in [0.1, 0.15) is 5.75 Å². The number of ether oxygens (including phenoxy) is 1. The highest BCUT2D eigenvalue weighted by Gasteiger charge is 2.13. The number of aromatic nitrogens is 1. The number of thiazole rings is 1. The molecule has 3 N–H and O–H groups in total. The minimum atomic E-state index is -0.401. The first kappa shape index (κ1) is 21.0. The Morgan fingerprint density at radius 2 is 2.00 bits per heavy atom. The molecule has 0 aliphatic rings. The van der Waals surface area contributed by atoms with E-state index in [0.717, 1.165) is 10.2 Å². The molecule has 0 bridgehead atoms. The maximum absolute atomic E-state index is 12.4. The third kappa shape index (κ3) is 5.41. The first-order chi connectivity index (χ1) is 13.9. The van der Waals surface area contributed by atoms with Gasteiger partial charge in [-0.25, -0.2) is 4.98 Å². The molecule has 0 aliphatic heterocycles. The van der Waals surface area contributed by atoms with Gasteiger partial charge in [0.2, 0.25) is 5.91 Å². The Morgan fingerprint density at radius 1 is 1.21 bits per heavy atom. The topological polar surface area (TPSA) is 92.3 Å². The molecule has 7 nitrogen and oxygen atoms in total. The molecule has 0 atom stereocenters. The third-order valence-electron chi connectivity index (χ3n) is 3.65. The van der Waals surface area contributed by atoms with E-state index in [1.807, 2.05) is 13.0 Å². The van der Waals surface area contributed by atoms with Gasteiger partial charge in [-0.05, 0) is 55.5 Å². The summed E-state index contributed by atoms with van der Waals surface area (Å²) in [5.74, 6) is -0.0356. The number of carbonyl (C=O) groups excluding carboxylic acids is 2. The van der Waals surface area contributed by atoms with E-state index in [1.54, 1.807) is 24.3 Å². The van der Waals surface area contributed by atoms with Crippen molar-refractivity contribution in [3.8, 4) is 5.75 Å². The molecule has 3 aromatic rings. The van der Waals surface area contributed by atoms with Gasteiger partial charge in [-0.15, -0.1) is 0 Å². The summed E-state index contributed by atoms with van der Waals surface area (Å²) in [6, 6.07) is 10.1. The number of thiocarbonyl (C=S) groups is 1. The van der Waals surface area contributed by atoms with Gasteiger partial charge in [-0.3, -0.25) is 14.9 Å². The monoisotopic (exact) mass is 448 g/mol. The molecule has 150 valence electrons. The molecule has 0 fully saturated rings. The summed E-state index contributed by atoms with van der Waals surface area (Å²) in [4.78, 5) is 28.0. The molecule has 0 saturated heterocycles. The molecule has 10 heteroatoms. The van der Waals surface area contributed by atoms with Crippen molar-refractivity contribution in [2.24, 2.45) is 0 Å². The number of rotatable bonds is 5.